The van der Waals surface area contributed by atoms with E-state index in [9.17, 15) is 5.11 Å². The van der Waals surface area contributed by atoms with Crippen LogP contribution in [0.3, 0.4) is 0 Å². The maximum Gasteiger partial charge on any atom is 0.0730 e. The molecule has 0 atom stereocenters. The van der Waals surface area contributed by atoms with Gasteiger partial charge in [-0.05, 0) is 18.9 Å². The molecule has 2 rings (SSSR count). The Hall–Kier alpha value is -0.350. The normalized spacial score (nSPS) is 18.9. The number of likely N-dealkylation sites (tertiary alicyclic amines) is 1. The van der Waals surface area contributed by atoms with Crippen LogP contribution in [0.15, 0.2) is 12.3 Å². The number of halogens is 2. The number of nitrogens with zero attached hydrogens (tertiary/aromatic N) is 2. The van der Waals surface area contributed by atoms with Gasteiger partial charge in [-0.2, -0.15) is 0 Å². The van der Waals surface area contributed by atoms with E-state index in [-0.39, 0.29) is 6.10 Å². The molecule has 2 heterocycles. The summed E-state index contributed by atoms with van der Waals surface area (Å²) in [5, 5.41) is 10.6. The molecular weight excluding hydrogens is 247 g/mol. The largest absolute Gasteiger partial charge is 0.393 e. The van der Waals surface area contributed by atoms with Crippen LogP contribution in [0.25, 0.3) is 0 Å². The van der Waals surface area contributed by atoms with Gasteiger partial charge < -0.3 is 5.11 Å². The molecule has 1 fully saturated rings. The third kappa shape index (κ3) is 3.08. The summed E-state index contributed by atoms with van der Waals surface area (Å²) in [5.41, 5.74) is 0.849. The van der Waals surface area contributed by atoms with Crippen LogP contribution >= 0.6 is 23.2 Å². The molecule has 0 aliphatic carbocycles. The van der Waals surface area contributed by atoms with Crippen molar-refractivity contribution in [2.75, 3.05) is 13.1 Å². The van der Waals surface area contributed by atoms with Gasteiger partial charge in [0.2, 0.25) is 0 Å². The van der Waals surface area contributed by atoms with Crippen molar-refractivity contribution in [2.45, 2.75) is 25.5 Å². The molecule has 0 amide bonds. The first kappa shape index (κ1) is 12.1. The Balaban J connectivity index is 1.98. The second-order valence-electron chi connectivity index (χ2n) is 4.09. The van der Waals surface area contributed by atoms with Crippen molar-refractivity contribution in [2.24, 2.45) is 0 Å². The highest BCUT2D eigenvalue weighted by Crippen LogP contribution is 2.21. The zero-order valence-corrected chi connectivity index (χ0v) is 10.4. The summed E-state index contributed by atoms with van der Waals surface area (Å²) >= 11 is 11.8. The van der Waals surface area contributed by atoms with E-state index in [2.05, 4.69) is 9.88 Å². The van der Waals surface area contributed by atoms with E-state index < -0.39 is 0 Å². The van der Waals surface area contributed by atoms with Gasteiger partial charge in [-0.25, -0.2) is 0 Å². The lowest BCUT2D eigenvalue weighted by Crippen LogP contribution is -2.35. The quantitative estimate of drug-likeness (QED) is 0.887. The zero-order valence-electron chi connectivity index (χ0n) is 8.87. The zero-order chi connectivity index (χ0) is 11.5. The average molecular weight is 261 g/mol. The second-order valence-corrected chi connectivity index (χ2v) is 4.93. The van der Waals surface area contributed by atoms with Crippen LogP contribution in [0, 0.1) is 0 Å². The van der Waals surface area contributed by atoms with E-state index in [1.54, 1.807) is 12.3 Å². The lowest BCUT2D eigenvalue weighted by atomic mass is 10.1. The summed E-state index contributed by atoms with van der Waals surface area (Å²) in [5.74, 6) is 0. The topological polar surface area (TPSA) is 36.4 Å². The monoisotopic (exact) mass is 260 g/mol. The van der Waals surface area contributed by atoms with Crippen LogP contribution in [0.4, 0.5) is 0 Å². The van der Waals surface area contributed by atoms with Crippen LogP contribution < -0.4 is 0 Å². The summed E-state index contributed by atoms with van der Waals surface area (Å²) in [7, 11) is 0. The van der Waals surface area contributed by atoms with Gasteiger partial charge in [-0.15, -0.1) is 0 Å². The molecule has 0 radical (unpaired) electrons. The molecular formula is C11H14Cl2N2O. The predicted octanol–water partition coefficient (Wildman–Crippen LogP) is 2.35. The van der Waals surface area contributed by atoms with Crippen molar-refractivity contribution in [1.29, 1.82) is 0 Å². The Bertz CT molecular complexity index is 365. The molecule has 5 heteroatoms. The molecule has 1 N–H and O–H groups in total. The Morgan fingerprint density at radius 2 is 2.06 bits per heavy atom. The molecule has 1 aliphatic rings. The lowest BCUT2D eigenvalue weighted by Gasteiger charge is -2.29. The van der Waals surface area contributed by atoms with Gasteiger partial charge >= 0.3 is 0 Å². The van der Waals surface area contributed by atoms with Gasteiger partial charge in [0, 0.05) is 25.8 Å². The van der Waals surface area contributed by atoms with Crippen LogP contribution in [-0.4, -0.2) is 34.2 Å². The van der Waals surface area contributed by atoms with Gasteiger partial charge in [0.15, 0.2) is 0 Å². The van der Waals surface area contributed by atoms with Crippen molar-refractivity contribution >= 4 is 23.2 Å². The molecule has 1 saturated heterocycles. The van der Waals surface area contributed by atoms with Gasteiger partial charge in [0.25, 0.3) is 0 Å². The van der Waals surface area contributed by atoms with Crippen molar-refractivity contribution in [3.05, 3.63) is 28.0 Å². The standard InChI is InChI=1S/C11H14Cl2N2O/c12-8-5-10(13)11(14-6-8)7-15-3-1-9(16)2-4-15/h5-6,9,16H,1-4,7H2. The highest BCUT2D eigenvalue weighted by molar-refractivity contribution is 6.34. The van der Waals surface area contributed by atoms with Crippen LogP contribution in [0.5, 0.6) is 0 Å². The first-order valence-electron chi connectivity index (χ1n) is 5.35. The van der Waals surface area contributed by atoms with Crippen molar-refractivity contribution in [3.8, 4) is 0 Å². The molecule has 0 saturated carbocycles. The van der Waals surface area contributed by atoms with E-state index in [1.807, 2.05) is 0 Å². The number of aromatic nitrogens is 1. The van der Waals surface area contributed by atoms with Crippen LogP contribution in [0.2, 0.25) is 10.0 Å². The molecule has 1 aromatic rings. The van der Waals surface area contributed by atoms with Crippen LogP contribution in [0.1, 0.15) is 18.5 Å². The third-order valence-electron chi connectivity index (χ3n) is 2.81. The van der Waals surface area contributed by atoms with Gasteiger partial charge in [-0.1, -0.05) is 23.2 Å². The summed E-state index contributed by atoms with van der Waals surface area (Å²) in [4.78, 5) is 6.47. The molecule has 0 aromatic carbocycles. The second kappa shape index (κ2) is 5.32. The molecule has 1 aliphatic heterocycles. The summed E-state index contributed by atoms with van der Waals surface area (Å²) in [6.45, 7) is 2.51. The van der Waals surface area contributed by atoms with Gasteiger partial charge in [-0.3, -0.25) is 9.88 Å². The van der Waals surface area contributed by atoms with Crippen LogP contribution in [-0.2, 0) is 6.54 Å². The molecule has 1 aromatic heterocycles. The van der Waals surface area contributed by atoms with E-state index in [0.717, 1.165) is 38.2 Å². The van der Waals surface area contributed by atoms with Gasteiger partial charge in [0.1, 0.15) is 0 Å². The van der Waals surface area contributed by atoms with Crippen molar-refractivity contribution in [1.82, 2.24) is 9.88 Å². The predicted molar refractivity (Wildman–Crippen MR) is 64.8 cm³/mol. The number of pyridine rings is 1. The highest BCUT2D eigenvalue weighted by atomic mass is 35.5. The molecule has 3 nitrogen and oxygen atoms in total. The summed E-state index contributed by atoms with van der Waals surface area (Å²) in [6, 6.07) is 1.71. The smallest absolute Gasteiger partial charge is 0.0730 e. The summed E-state index contributed by atoms with van der Waals surface area (Å²) in [6.07, 6.45) is 3.11. The fourth-order valence-electron chi connectivity index (χ4n) is 1.85. The third-order valence-corrected chi connectivity index (χ3v) is 3.35. The molecule has 0 bridgehead atoms. The van der Waals surface area contributed by atoms with E-state index in [4.69, 9.17) is 23.2 Å². The Labute approximate surface area is 105 Å². The lowest BCUT2D eigenvalue weighted by molar-refractivity contribution is 0.0787. The fourth-order valence-corrected chi connectivity index (χ4v) is 2.29. The number of aliphatic hydroxyl groups is 1. The Kier molecular flexibility index (Phi) is 4.03. The number of aliphatic hydroxyl groups excluding tert-OH is 1. The maximum absolute atomic E-state index is 9.40. The maximum atomic E-state index is 9.40. The van der Waals surface area contributed by atoms with Crippen molar-refractivity contribution < 1.29 is 5.11 Å². The minimum Gasteiger partial charge on any atom is -0.393 e. The Morgan fingerprint density at radius 3 is 2.69 bits per heavy atom. The summed E-state index contributed by atoms with van der Waals surface area (Å²) < 4.78 is 0. The number of hydrogen-bond acceptors (Lipinski definition) is 3. The minimum atomic E-state index is -0.148. The fraction of sp³-hybridized carbons (Fsp3) is 0.545. The SMILES string of the molecule is OC1CCN(Cc2ncc(Cl)cc2Cl)CC1. The van der Waals surface area contributed by atoms with E-state index in [1.165, 1.54) is 0 Å². The average Bonchev–Trinajstić information content (AvgIpc) is 2.25. The number of rotatable bonds is 2. The van der Waals surface area contributed by atoms with Crippen molar-refractivity contribution in [3.63, 3.8) is 0 Å². The number of hydrogen-bond donors (Lipinski definition) is 1. The molecule has 0 spiro atoms. The molecule has 0 unspecified atom stereocenters. The Morgan fingerprint density at radius 1 is 1.38 bits per heavy atom. The highest BCUT2D eigenvalue weighted by Gasteiger charge is 2.18. The van der Waals surface area contributed by atoms with Gasteiger partial charge in [0.05, 0.1) is 21.8 Å². The first-order chi connectivity index (χ1) is 7.65. The number of piperidine rings is 1. The van der Waals surface area contributed by atoms with E-state index >= 15 is 0 Å². The molecule has 16 heavy (non-hydrogen) atoms. The molecule has 88 valence electrons. The minimum absolute atomic E-state index is 0.148. The van der Waals surface area contributed by atoms with E-state index in [0.29, 0.717) is 10.0 Å². The first-order valence-corrected chi connectivity index (χ1v) is 6.11.